The van der Waals surface area contributed by atoms with Gasteiger partial charge < -0.3 is 9.47 Å². The van der Waals surface area contributed by atoms with Gasteiger partial charge in [0.05, 0.1) is 13.7 Å². The maximum absolute atomic E-state index is 11.1. The van der Waals surface area contributed by atoms with Crippen LogP contribution in [-0.2, 0) is 9.53 Å². The van der Waals surface area contributed by atoms with Crippen molar-refractivity contribution in [1.82, 2.24) is 0 Å². The van der Waals surface area contributed by atoms with E-state index >= 15 is 0 Å². The fourth-order valence-electron chi connectivity index (χ4n) is 1.43. The Balaban J connectivity index is 3.00. The zero-order valence-corrected chi connectivity index (χ0v) is 10.6. The van der Waals surface area contributed by atoms with Crippen molar-refractivity contribution in [2.45, 2.75) is 20.8 Å². The highest BCUT2D eigenvalue weighted by atomic mass is 16.5. The first-order chi connectivity index (χ1) is 8.08. The van der Waals surface area contributed by atoms with Crippen molar-refractivity contribution in [3.8, 4) is 17.6 Å². The number of carbonyl (C=O) groups excluding carboxylic acids is 1. The Morgan fingerprint density at radius 1 is 1.29 bits per heavy atom. The van der Waals surface area contributed by atoms with E-state index in [9.17, 15) is 4.79 Å². The SMILES string of the molecule is CCOC(=O)C#Cc1cc(C)c(OC)cc1C. The van der Waals surface area contributed by atoms with Crippen LogP contribution in [0.3, 0.4) is 0 Å². The average Bonchev–Trinajstić information content (AvgIpc) is 2.30. The summed E-state index contributed by atoms with van der Waals surface area (Å²) in [5.41, 5.74) is 2.78. The van der Waals surface area contributed by atoms with Gasteiger partial charge in [-0.05, 0) is 44.0 Å². The predicted molar refractivity (Wildman–Crippen MR) is 66.0 cm³/mol. The summed E-state index contributed by atoms with van der Waals surface area (Å²) < 4.78 is 9.95. The van der Waals surface area contributed by atoms with Crippen molar-refractivity contribution in [3.63, 3.8) is 0 Å². The van der Waals surface area contributed by atoms with Crippen molar-refractivity contribution >= 4 is 5.97 Å². The summed E-state index contributed by atoms with van der Waals surface area (Å²) in [6.45, 7) is 5.96. The van der Waals surface area contributed by atoms with Crippen LogP contribution in [0, 0.1) is 25.7 Å². The number of rotatable bonds is 2. The van der Waals surface area contributed by atoms with Crippen LogP contribution in [0.5, 0.6) is 5.75 Å². The lowest BCUT2D eigenvalue weighted by Crippen LogP contribution is -2.00. The van der Waals surface area contributed by atoms with Gasteiger partial charge in [-0.2, -0.15) is 0 Å². The number of ether oxygens (including phenoxy) is 2. The van der Waals surface area contributed by atoms with Crippen molar-refractivity contribution < 1.29 is 14.3 Å². The normalized spacial score (nSPS) is 9.18. The number of methoxy groups -OCH3 is 1. The second-order valence-corrected chi connectivity index (χ2v) is 3.61. The molecule has 0 fully saturated rings. The number of carbonyl (C=O) groups is 1. The van der Waals surface area contributed by atoms with Crippen LogP contribution < -0.4 is 4.74 Å². The number of aryl methyl sites for hydroxylation is 2. The Labute approximate surface area is 102 Å². The van der Waals surface area contributed by atoms with Gasteiger partial charge in [0.15, 0.2) is 0 Å². The van der Waals surface area contributed by atoms with Gasteiger partial charge in [0.1, 0.15) is 5.75 Å². The molecule has 1 aromatic rings. The molecule has 17 heavy (non-hydrogen) atoms. The van der Waals surface area contributed by atoms with E-state index < -0.39 is 5.97 Å². The highest BCUT2D eigenvalue weighted by Crippen LogP contribution is 2.21. The summed E-state index contributed by atoms with van der Waals surface area (Å²) >= 11 is 0. The monoisotopic (exact) mass is 232 g/mol. The molecule has 0 aliphatic carbocycles. The molecule has 0 heterocycles. The van der Waals surface area contributed by atoms with Crippen molar-refractivity contribution in [2.75, 3.05) is 13.7 Å². The molecule has 0 aliphatic rings. The van der Waals surface area contributed by atoms with Gasteiger partial charge in [0, 0.05) is 11.5 Å². The summed E-state index contributed by atoms with van der Waals surface area (Å²) in [7, 11) is 1.63. The molecule has 0 radical (unpaired) electrons. The quantitative estimate of drug-likeness (QED) is 0.579. The van der Waals surface area contributed by atoms with E-state index in [0.29, 0.717) is 6.61 Å². The largest absolute Gasteiger partial charge is 0.496 e. The van der Waals surface area contributed by atoms with Crippen LogP contribution in [0.2, 0.25) is 0 Å². The molecule has 3 nitrogen and oxygen atoms in total. The van der Waals surface area contributed by atoms with Crippen LogP contribution >= 0.6 is 0 Å². The van der Waals surface area contributed by atoms with E-state index in [4.69, 9.17) is 9.47 Å². The van der Waals surface area contributed by atoms with E-state index in [-0.39, 0.29) is 0 Å². The van der Waals surface area contributed by atoms with E-state index in [0.717, 1.165) is 22.4 Å². The number of hydrogen-bond acceptors (Lipinski definition) is 3. The first kappa shape index (κ1) is 13.1. The zero-order chi connectivity index (χ0) is 12.8. The summed E-state index contributed by atoms with van der Waals surface area (Å²) in [6, 6.07) is 3.81. The molecule has 90 valence electrons. The molecule has 0 saturated heterocycles. The molecule has 0 aliphatic heterocycles. The molecule has 0 unspecified atom stereocenters. The molecule has 0 amide bonds. The molecule has 0 bridgehead atoms. The summed E-state index contributed by atoms with van der Waals surface area (Å²) in [5, 5.41) is 0. The Morgan fingerprint density at radius 3 is 2.59 bits per heavy atom. The first-order valence-electron chi connectivity index (χ1n) is 5.42. The van der Waals surface area contributed by atoms with Gasteiger partial charge in [-0.3, -0.25) is 0 Å². The van der Waals surface area contributed by atoms with Gasteiger partial charge >= 0.3 is 5.97 Å². The minimum atomic E-state index is -0.500. The molecule has 0 N–H and O–H groups in total. The number of hydrogen-bond donors (Lipinski definition) is 0. The number of esters is 1. The Hall–Kier alpha value is -1.95. The molecular formula is C14H16O3. The highest BCUT2D eigenvalue weighted by Gasteiger charge is 2.03. The third-order valence-electron chi connectivity index (χ3n) is 2.32. The van der Waals surface area contributed by atoms with Crippen LogP contribution in [0.1, 0.15) is 23.6 Å². The van der Waals surface area contributed by atoms with Gasteiger partial charge in [-0.15, -0.1) is 0 Å². The highest BCUT2D eigenvalue weighted by molar-refractivity contribution is 5.89. The molecule has 0 atom stereocenters. The first-order valence-corrected chi connectivity index (χ1v) is 5.42. The van der Waals surface area contributed by atoms with Crippen LogP contribution in [0.15, 0.2) is 12.1 Å². The predicted octanol–water partition coefficient (Wildman–Crippen LogP) is 2.23. The topological polar surface area (TPSA) is 35.5 Å². The van der Waals surface area contributed by atoms with Crippen LogP contribution in [-0.4, -0.2) is 19.7 Å². The van der Waals surface area contributed by atoms with Crippen molar-refractivity contribution in [2.24, 2.45) is 0 Å². The van der Waals surface area contributed by atoms with E-state index in [1.807, 2.05) is 26.0 Å². The van der Waals surface area contributed by atoms with E-state index in [2.05, 4.69) is 11.8 Å². The Bertz CT molecular complexity index is 478. The molecule has 0 aromatic heterocycles. The lowest BCUT2D eigenvalue weighted by atomic mass is 10.1. The fraction of sp³-hybridized carbons (Fsp3) is 0.357. The van der Waals surface area contributed by atoms with Gasteiger partial charge in [-0.1, -0.05) is 5.92 Å². The zero-order valence-electron chi connectivity index (χ0n) is 10.6. The second-order valence-electron chi connectivity index (χ2n) is 3.61. The van der Waals surface area contributed by atoms with Crippen molar-refractivity contribution in [1.29, 1.82) is 0 Å². The lowest BCUT2D eigenvalue weighted by molar-refractivity contribution is -0.136. The smallest absolute Gasteiger partial charge is 0.384 e. The maximum atomic E-state index is 11.1. The third kappa shape index (κ3) is 3.53. The molecule has 0 spiro atoms. The minimum absolute atomic E-state index is 0.341. The summed E-state index contributed by atoms with van der Waals surface area (Å²) in [6.07, 6.45) is 0. The van der Waals surface area contributed by atoms with E-state index in [1.54, 1.807) is 14.0 Å². The third-order valence-corrected chi connectivity index (χ3v) is 2.32. The molecule has 3 heteroatoms. The number of benzene rings is 1. The molecular weight excluding hydrogens is 216 g/mol. The maximum Gasteiger partial charge on any atom is 0.384 e. The molecule has 1 aromatic carbocycles. The second kappa shape index (κ2) is 5.95. The Morgan fingerprint density at radius 2 is 2.00 bits per heavy atom. The van der Waals surface area contributed by atoms with Gasteiger partial charge in [0.2, 0.25) is 0 Å². The standard InChI is InChI=1S/C14H16O3/c1-5-17-14(15)7-6-12-8-11(3)13(16-4)9-10(12)2/h8-9H,5H2,1-4H3. The molecule has 1 rings (SSSR count). The Kier molecular flexibility index (Phi) is 4.59. The lowest BCUT2D eigenvalue weighted by Gasteiger charge is -2.07. The van der Waals surface area contributed by atoms with Gasteiger partial charge in [0.25, 0.3) is 0 Å². The van der Waals surface area contributed by atoms with E-state index in [1.165, 1.54) is 0 Å². The van der Waals surface area contributed by atoms with Crippen LogP contribution in [0.25, 0.3) is 0 Å². The fourth-order valence-corrected chi connectivity index (χ4v) is 1.43. The minimum Gasteiger partial charge on any atom is -0.496 e. The average molecular weight is 232 g/mol. The van der Waals surface area contributed by atoms with Crippen molar-refractivity contribution in [3.05, 3.63) is 28.8 Å². The van der Waals surface area contributed by atoms with Gasteiger partial charge in [-0.25, -0.2) is 4.79 Å². The molecule has 0 saturated carbocycles. The summed E-state index contributed by atoms with van der Waals surface area (Å²) in [4.78, 5) is 11.1. The summed E-state index contributed by atoms with van der Waals surface area (Å²) in [5.74, 6) is 5.59. The van der Waals surface area contributed by atoms with Crippen LogP contribution in [0.4, 0.5) is 0 Å².